The normalized spacial score (nSPS) is 11.2. The van der Waals surface area contributed by atoms with Gasteiger partial charge in [-0.05, 0) is 64.4 Å². The van der Waals surface area contributed by atoms with Crippen LogP contribution in [0.5, 0.6) is 0 Å². The van der Waals surface area contributed by atoms with Crippen LogP contribution in [-0.4, -0.2) is 50.6 Å². The quantitative estimate of drug-likeness (QED) is 0.478. The van der Waals surface area contributed by atoms with Gasteiger partial charge >= 0.3 is 6.09 Å². The van der Waals surface area contributed by atoms with Crippen molar-refractivity contribution >= 4 is 29.3 Å². The number of hydrogen-bond acceptors (Lipinski definition) is 4. The number of hydrogen-bond donors (Lipinski definition) is 2. The third kappa shape index (κ3) is 6.35. The van der Waals surface area contributed by atoms with Crippen LogP contribution in [0, 0.1) is 0 Å². The lowest BCUT2D eigenvalue weighted by atomic mass is 10.1. The van der Waals surface area contributed by atoms with Gasteiger partial charge in [0.15, 0.2) is 0 Å². The third-order valence-corrected chi connectivity index (χ3v) is 5.63. The van der Waals surface area contributed by atoms with Gasteiger partial charge in [0.05, 0.1) is 5.69 Å². The van der Waals surface area contributed by atoms with E-state index in [2.05, 4.69) is 10.6 Å². The molecule has 2 heterocycles. The third-order valence-electron chi connectivity index (χ3n) is 5.63. The number of anilines is 2. The molecular weight excluding hydrogens is 458 g/mol. The molecule has 0 atom stereocenters. The Bertz CT molecular complexity index is 1240. The summed E-state index contributed by atoms with van der Waals surface area (Å²) in [5.74, 6) is -0.310. The SMILES string of the molecule is CCN(CC)C(=O)c1cc(-c2ccc(NC(=O)c3cc(NC(=O)OC(C)(C)C)cn3C)cc2)cn1C. The van der Waals surface area contributed by atoms with E-state index in [-0.39, 0.29) is 11.8 Å². The maximum Gasteiger partial charge on any atom is 0.412 e. The average molecular weight is 494 g/mol. The Morgan fingerprint density at radius 2 is 1.44 bits per heavy atom. The molecule has 0 radical (unpaired) electrons. The van der Waals surface area contributed by atoms with Crippen molar-refractivity contribution in [2.75, 3.05) is 23.7 Å². The molecule has 192 valence electrons. The summed E-state index contributed by atoms with van der Waals surface area (Å²) in [7, 11) is 3.59. The van der Waals surface area contributed by atoms with Crippen LogP contribution in [0.2, 0.25) is 0 Å². The number of carbonyl (C=O) groups excluding carboxylic acids is 3. The second-order valence-electron chi connectivity index (χ2n) is 9.59. The predicted octanol–water partition coefficient (Wildman–Crippen LogP) is 5.11. The molecule has 3 rings (SSSR count). The molecule has 0 spiro atoms. The summed E-state index contributed by atoms with van der Waals surface area (Å²) in [5.41, 5.74) is 3.34. The lowest BCUT2D eigenvalue weighted by Crippen LogP contribution is -2.31. The number of rotatable bonds is 7. The Kier molecular flexibility index (Phi) is 7.92. The minimum Gasteiger partial charge on any atom is -0.444 e. The Hall–Kier alpha value is -4.01. The molecule has 36 heavy (non-hydrogen) atoms. The van der Waals surface area contributed by atoms with Crippen LogP contribution in [0.3, 0.4) is 0 Å². The summed E-state index contributed by atoms with van der Waals surface area (Å²) in [5, 5.41) is 5.52. The Morgan fingerprint density at radius 1 is 0.833 bits per heavy atom. The number of benzene rings is 1. The van der Waals surface area contributed by atoms with Crippen LogP contribution in [0.15, 0.2) is 48.8 Å². The fraction of sp³-hybridized carbons (Fsp3) is 0.370. The molecule has 9 heteroatoms. The van der Waals surface area contributed by atoms with Crippen LogP contribution in [0.4, 0.5) is 16.2 Å². The first-order valence-corrected chi connectivity index (χ1v) is 12.0. The molecular formula is C27H35N5O4. The van der Waals surface area contributed by atoms with Crippen LogP contribution < -0.4 is 10.6 Å². The molecule has 3 aromatic rings. The maximum absolute atomic E-state index is 12.8. The molecule has 0 aliphatic rings. The zero-order chi connectivity index (χ0) is 26.6. The van der Waals surface area contributed by atoms with Gasteiger partial charge in [-0.25, -0.2) is 4.79 Å². The maximum atomic E-state index is 12.8. The molecule has 0 saturated heterocycles. The van der Waals surface area contributed by atoms with Crippen molar-refractivity contribution in [3.8, 4) is 11.1 Å². The van der Waals surface area contributed by atoms with Crippen molar-refractivity contribution in [2.24, 2.45) is 14.1 Å². The van der Waals surface area contributed by atoms with Crippen molar-refractivity contribution in [2.45, 2.75) is 40.2 Å². The lowest BCUT2D eigenvalue weighted by molar-refractivity contribution is 0.0635. The van der Waals surface area contributed by atoms with Gasteiger partial charge in [0.2, 0.25) is 0 Å². The molecule has 0 saturated carbocycles. The van der Waals surface area contributed by atoms with E-state index < -0.39 is 11.7 Å². The summed E-state index contributed by atoms with van der Waals surface area (Å²) < 4.78 is 8.73. The van der Waals surface area contributed by atoms with Crippen molar-refractivity contribution in [1.29, 1.82) is 0 Å². The van der Waals surface area contributed by atoms with Gasteiger partial charge < -0.3 is 24.1 Å². The lowest BCUT2D eigenvalue weighted by Gasteiger charge is -2.19. The van der Waals surface area contributed by atoms with Gasteiger partial charge in [0.25, 0.3) is 11.8 Å². The molecule has 0 aliphatic carbocycles. The monoisotopic (exact) mass is 493 g/mol. The summed E-state index contributed by atoms with van der Waals surface area (Å²) in [4.78, 5) is 39.4. The van der Waals surface area contributed by atoms with Gasteiger partial charge in [0, 0.05) is 50.8 Å². The second-order valence-corrected chi connectivity index (χ2v) is 9.59. The molecule has 2 N–H and O–H groups in total. The van der Waals surface area contributed by atoms with E-state index in [0.29, 0.717) is 35.9 Å². The number of amides is 3. The first-order chi connectivity index (χ1) is 16.9. The van der Waals surface area contributed by atoms with Gasteiger partial charge in [-0.3, -0.25) is 14.9 Å². The summed E-state index contributed by atoms with van der Waals surface area (Å²) >= 11 is 0. The molecule has 9 nitrogen and oxygen atoms in total. The highest BCUT2D eigenvalue weighted by molar-refractivity contribution is 6.04. The zero-order valence-electron chi connectivity index (χ0n) is 22.0. The first-order valence-electron chi connectivity index (χ1n) is 12.0. The molecule has 1 aromatic carbocycles. The minimum atomic E-state index is -0.618. The van der Waals surface area contributed by atoms with Crippen molar-refractivity contribution in [1.82, 2.24) is 14.0 Å². The number of nitrogens with one attached hydrogen (secondary N) is 2. The number of carbonyl (C=O) groups is 3. The molecule has 2 aromatic heterocycles. The van der Waals surface area contributed by atoms with E-state index in [1.807, 2.05) is 62.0 Å². The van der Waals surface area contributed by atoms with Gasteiger partial charge in [-0.2, -0.15) is 0 Å². The van der Waals surface area contributed by atoms with Crippen LogP contribution >= 0.6 is 0 Å². The van der Waals surface area contributed by atoms with E-state index >= 15 is 0 Å². The van der Waals surface area contributed by atoms with E-state index in [1.54, 1.807) is 49.5 Å². The van der Waals surface area contributed by atoms with Crippen molar-refractivity contribution in [3.63, 3.8) is 0 Å². The highest BCUT2D eigenvalue weighted by Gasteiger charge is 2.19. The van der Waals surface area contributed by atoms with Gasteiger partial charge in [-0.15, -0.1) is 0 Å². The number of aryl methyl sites for hydroxylation is 2. The Morgan fingerprint density at radius 3 is 2.03 bits per heavy atom. The molecule has 3 amide bonds. The predicted molar refractivity (Wildman–Crippen MR) is 141 cm³/mol. The van der Waals surface area contributed by atoms with E-state index in [4.69, 9.17) is 4.74 Å². The fourth-order valence-electron chi connectivity index (χ4n) is 3.83. The number of aromatic nitrogens is 2. The molecule has 0 aliphatic heterocycles. The first kappa shape index (κ1) is 26.6. The molecule has 0 unspecified atom stereocenters. The summed E-state index contributed by atoms with van der Waals surface area (Å²) in [6.07, 6.45) is 2.99. The summed E-state index contributed by atoms with van der Waals surface area (Å²) in [6, 6.07) is 10.9. The van der Waals surface area contributed by atoms with Gasteiger partial charge in [-0.1, -0.05) is 12.1 Å². The average Bonchev–Trinajstić information content (AvgIpc) is 3.35. The van der Waals surface area contributed by atoms with Crippen molar-refractivity contribution in [3.05, 3.63) is 60.2 Å². The van der Waals surface area contributed by atoms with Crippen LogP contribution in [0.1, 0.15) is 55.6 Å². The van der Waals surface area contributed by atoms with Gasteiger partial charge in [0.1, 0.15) is 17.0 Å². The van der Waals surface area contributed by atoms with E-state index in [1.165, 1.54) is 0 Å². The molecule has 0 fully saturated rings. The zero-order valence-corrected chi connectivity index (χ0v) is 22.0. The fourth-order valence-corrected chi connectivity index (χ4v) is 3.83. The molecule has 0 bridgehead atoms. The van der Waals surface area contributed by atoms with Crippen LogP contribution in [0.25, 0.3) is 11.1 Å². The Balaban J connectivity index is 1.69. The van der Waals surface area contributed by atoms with Crippen LogP contribution in [-0.2, 0) is 18.8 Å². The smallest absolute Gasteiger partial charge is 0.412 e. The highest BCUT2D eigenvalue weighted by Crippen LogP contribution is 2.25. The largest absolute Gasteiger partial charge is 0.444 e. The van der Waals surface area contributed by atoms with E-state index in [0.717, 1.165) is 11.1 Å². The Labute approximate surface area is 212 Å². The second kappa shape index (κ2) is 10.7. The number of ether oxygens (including phenoxy) is 1. The number of nitrogens with zero attached hydrogens (tertiary/aromatic N) is 3. The van der Waals surface area contributed by atoms with E-state index in [9.17, 15) is 14.4 Å². The highest BCUT2D eigenvalue weighted by atomic mass is 16.6. The standard InChI is InChI=1S/C27H35N5O4/c1-8-32(9-2)25(34)23-14-19(16-30(23)6)18-10-12-20(13-11-18)28-24(33)22-15-21(17-31(22)7)29-26(35)36-27(3,4)5/h10-17H,8-9H2,1-7H3,(H,28,33)(H,29,35). The minimum absolute atomic E-state index is 0.000675. The van der Waals surface area contributed by atoms with Crippen molar-refractivity contribution < 1.29 is 19.1 Å². The summed E-state index contributed by atoms with van der Waals surface area (Å²) in [6.45, 7) is 10.6. The topological polar surface area (TPSA) is 97.6 Å².